The maximum atomic E-state index is 13.4. The first kappa shape index (κ1) is 29.7. The molecule has 1 aliphatic heterocycles. The van der Waals surface area contributed by atoms with Crippen LogP contribution in [-0.4, -0.2) is 67.4 Å². The zero-order valence-corrected chi connectivity index (χ0v) is 24.3. The highest BCUT2D eigenvalue weighted by molar-refractivity contribution is 6.32. The van der Waals surface area contributed by atoms with Crippen LogP contribution in [0.5, 0.6) is 5.75 Å². The molecule has 11 heteroatoms. The van der Waals surface area contributed by atoms with Gasteiger partial charge in [-0.15, -0.1) is 0 Å². The molecule has 1 aliphatic rings. The minimum atomic E-state index is -0.710. The van der Waals surface area contributed by atoms with E-state index in [0.29, 0.717) is 36.0 Å². The van der Waals surface area contributed by atoms with Crippen molar-refractivity contribution in [3.8, 4) is 11.9 Å². The van der Waals surface area contributed by atoms with Crippen molar-refractivity contribution in [1.29, 1.82) is 5.26 Å². The number of amides is 2. The molecule has 2 aromatic carbocycles. The molecule has 1 saturated heterocycles. The molecule has 0 unspecified atom stereocenters. The summed E-state index contributed by atoms with van der Waals surface area (Å²) in [5.41, 5.74) is 2.52. The summed E-state index contributed by atoms with van der Waals surface area (Å²) in [6.45, 7) is 2.90. The lowest BCUT2D eigenvalue weighted by Gasteiger charge is -2.25. The fourth-order valence-corrected chi connectivity index (χ4v) is 5.13. The third kappa shape index (κ3) is 7.92. The quantitative estimate of drug-likeness (QED) is 0.163. The average molecular weight is 579 g/mol. The second-order valence-corrected chi connectivity index (χ2v) is 10.5. The molecule has 0 aliphatic carbocycles. The molecular weight excluding hydrogens is 544 g/mol. The molecule has 0 bridgehead atoms. The zero-order valence-electron chi connectivity index (χ0n) is 23.6. The first-order chi connectivity index (χ1) is 19.8. The van der Waals surface area contributed by atoms with Crippen LogP contribution in [0.1, 0.15) is 37.0 Å². The van der Waals surface area contributed by atoms with Gasteiger partial charge in [0, 0.05) is 31.2 Å². The number of likely N-dealkylation sites (tertiary alicyclic amines) is 1. The standard InChI is InChI=1S/C30H35ClN6O4/c1-20-15-22-17-23(10-12-26(22)41-20)34-30(33-19-32)35-25-8-4-5-14-37(29(25)39)18-28(38)36(2)13-6-7-21-9-11-27(40-3)24(31)16-21/h9-12,15-17,25H,4-8,13-14,18H2,1-3H3,(H2,33,34,35)/t25-/m0/s1. The third-order valence-corrected chi connectivity index (χ3v) is 7.34. The summed E-state index contributed by atoms with van der Waals surface area (Å²) in [6, 6.07) is 12.4. The number of halogens is 1. The highest BCUT2D eigenvalue weighted by Crippen LogP contribution is 2.26. The number of furan rings is 1. The van der Waals surface area contributed by atoms with Crippen LogP contribution in [0.3, 0.4) is 0 Å². The Kier molecular flexibility index (Phi) is 10.1. The van der Waals surface area contributed by atoms with E-state index < -0.39 is 6.04 Å². The molecule has 216 valence electrons. The Labute approximate surface area is 244 Å². The number of hydrogen-bond acceptors (Lipinski definition) is 6. The number of nitrogens with zero attached hydrogens (tertiary/aromatic N) is 4. The largest absolute Gasteiger partial charge is 0.495 e. The lowest BCUT2D eigenvalue weighted by molar-refractivity contribution is -0.140. The van der Waals surface area contributed by atoms with E-state index in [9.17, 15) is 14.9 Å². The topological polar surface area (TPSA) is 123 Å². The molecule has 2 heterocycles. The number of carbonyl (C=O) groups excluding carboxylic acids is 2. The van der Waals surface area contributed by atoms with Gasteiger partial charge in [-0.2, -0.15) is 5.26 Å². The zero-order chi connectivity index (χ0) is 29.4. The summed E-state index contributed by atoms with van der Waals surface area (Å²) >= 11 is 6.22. The highest BCUT2D eigenvalue weighted by atomic mass is 35.5. The maximum absolute atomic E-state index is 13.4. The molecule has 2 N–H and O–H groups in total. The van der Waals surface area contributed by atoms with Crippen LogP contribution >= 0.6 is 11.6 Å². The van der Waals surface area contributed by atoms with E-state index in [2.05, 4.69) is 15.6 Å². The first-order valence-electron chi connectivity index (χ1n) is 13.6. The SMILES string of the molecule is COc1ccc(CCCN(C)C(=O)CN2CCCC[C@H](N=C(NC#N)Nc3ccc4oc(C)cc4c3)C2=O)cc1Cl. The van der Waals surface area contributed by atoms with Crippen LogP contribution in [-0.2, 0) is 16.0 Å². The summed E-state index contributed by atoms with van der Waals surface area (Å²) in [4.78, 5) is 34.2. The van der Waals surface area contributed by atoms with Crippen LogP contribution in [0.15, 0.2) is 51.9 Å². The summed E-state index contributed by atoms with van der Waals surface area (Å²) in [7, 11) is 3.33. The van der Waals surface area contributed by atoms with E-state index in [1.54, 1.807) is 24.0 Å². The number of aryl methyl sites for hydroxylation is 2. The van der Waals surface area contributed by atoms with Gasteiger partial charge >= 0.3 is 0 Å². The number of rotatable bonds is 9. The lowest BCUT2D eigenvalue weighted by Crippen LogP contribution is -2.45. The van der Waals surface area contributed by atoms with Gasteiger partial charge < -0.3 is 24.3 Å². The van der Waals surface area contributed by atoms with Gasteiger partial charge in [0.05, 0.1) is 18.7 Å². The number of likely N-dealkylation sites (N-methyl/N-ethyl adjacent to an activating group) is 1. The molecule has 3 aromatic rings. The molecule has 1 aromatic heterocycles. The Morgan fingerprint density at radius 2 is 2.10 bits per heavy atom. The number of anilines is 1. The van der Waals surface area contributed by atoms with Crippen molar-refractivity contribution in [2.75, 3.05) is 39.1 Å². The number of fused-ring (bicyclic) bond motifs is 1. The van der Waals surface area contributed by atoms with Gasteiger partial charge in [-0.1, -0.05) is 17.7 Å². The molecular formula is C30H35ClN6O4. The number of aliphatic imine (C=N–C) groups is 1. The number of nitriles is 1. The summed E-state index contributed by atoms with van der Waals surface area (Å²) in [5, 5.41) is 16.4. The number of benzene rings is 2. The van der Waals surface area contributed by atoms with Crippen molar-refractivity contribution in [2.24, 2.45) is 4.99 Å². The van der Waals surface area contributed by atoms with Gasteiger partial charge in [-0.25, -0.2) is 4.99 Å². The van der Waals surface area contributed by atoms with Crippen molar-refractivity contribution in [3.05, 3.63) is 58.8 Å². The minimum Gasteiger partial charge on any atom is -0.495 e. The Bertz CT molecular complexity index is 1460. The second kappa shape index (κ2) is 13.9. The van der Waals surface area contributed by atoms with E-state index in [1.165, 1.54) is 0 Å². The van der Waals surface area contributed by atoms with E-state index in [0.717, 1.165) is 48.0 Å². The monoisotopic (exact) mass is 578 g/mol. The van der Waals surface area contributed by atoms with Crippen LogP contribution in [0.2, 0.25) is 5.02 Å². The summed E-state index contributed by atoms with van der Waals surface area (Å²) < 4.78 is 10.8. The predicted octanol–water partition coefficient (Wildman–Crippen LogP) is 4.71. The third-order valence-electron chi connectivity index (χ3n) is 7.04. The molecule has 1 atom stereocenters. The normalized spacial score (nSPS) is 15.8. The number of ether oxygens (including phenoxy) is 1. The fraction of sp³-hybridized carbons (Fsp3) is 0.400. The van der Waals surface area contributed by atoms with Gasteiger partial charge in [0.2, 0.25) is 17.8 Å². The number of carbonyl (C=O) groups is 2. The lowest BCUT2D eigenvalue weighted by atomic mass is 10.1. The molecule has 0 saturated carbocycles. The van der Waals surface area contributed by atoms with Crippen molar-refractivity contribution < 1.29 is 18.7 Å². The fourth-order valence-electron chi connectivity index (χ4n) is 4.85. The van der Waals surface area contributed by atoms with Gasteiger partial charge in [0.25, 0.3) is 0 Å². The summed E-state index contributed by atoms with van der Waals surface area (Å²) in [6.07, 6.45) is 5.49. The molecule has 1 fully saturated rings. The Hall–Kier alpha value is -4.23. The Morgan fingerprint density at radius 3 is 2.85 bits per heavy atom. The minimum absolute atomic E-state index is 0.0132. The van der Waals surface area contributed by atoms with Crippen LogP contribution < -0.4 is 15.4 Å². The van der Waals surface area contributed by atoms with Crippen molar-refractivity contribution in [1.82, 2.24) is 15.1 Å². The number of guanidine groups is 1. The average Bonchev–Trinajstić information content (AvgIpc) is 3.24. The number of nitrogens with one attached hydrogen (secondary N) is 2. The van der Waals surface area contributed by atoms with E-state index in [-0.39, 0.29) is 24.3 Å². The smallest absolute Gasteiger partial charge is 0.247 e. The van der Waals surface area contributed by atoms with Crippen LogP contribution in [0.4, 0.5) is 5.69 Å². The number of methoxy groups -OCH3 is 1. The molecule has 4 rings (SSSR count). The van der Waals surface area contributed by atoms with E-state index in [4.69, 9.17) is 20.8 Å². The molecule has 41 heavy (non-hydrogen) atoms. The second-order valence-electron chi connectivity index (χ2n) is 10.1. The van der Waals surface area contributed by atoms with E-state index >= 15 is 0 Å². The van der Waals surface area contributed by atoms with Crippen LogP contribution in [0, 0.1) is 18.4 Å². The molecule has 10 nitrogen and oxygen atoms in total. The van der Waals surface area contributed by atoms with Crippen LogP contribution in [0.25, 0.3) is 11.0 Å². The van der Waals surface area contributed by atoms with Gasteiger partial charge in [0.15, 0.2) is 6.19 Å². The molecule has 0 radical (unpaired) electrons. The predicted molar refractivity (Wildman–Crippen MR) is 159 cm³/mol. The Morgan fingerprint density at radius 1 is 1.27 bits per heavy atom. The Balaban J connectivity index is 1.36. The maximum Gasteiger partial charge on any atom is 0.247 e. The van der Waals surface area contributed by atoms with Crippen molar-refractivity contribution >= 4 is 46.0 Å². The summed E-state index contributed by atoms with van der Waals surface area (Å²) in [5.74, 6) is 1.25. The molecule has 0 spiro atoms. The highest BCUT2D eigenvalue weighted by Gasteiger charge is 2.29. The van der Waals surface area contributed by atoms with Gasteiger partial charge in [-0.05, 0) is 81.0 Å². The first-order valence-corrected chi connectivity index (χ1v) is 14.0. The van der Waals surface area contributed by atoms with Crippen molar-refractivity contribution in [2.45, 2.75) is 45.1 Å². The van der Waals surface area contributed by atoms with Crippen molar-refractivity contribution in [3.63, 3.8) is 0 Å². The molecule has 2 amide bonds. The van der Waals surface area contributed by atoms with Gasteiger partial charge in [-0.3, -0.25) is 14.9 Å². The van der Waals surface area contributed by atoms with Gasteiger partial charge in [0.1, 0.15) is 23.1 Å². The number of hydrogen-bond donors (Lipinski definition) is 2. The van der Waals surface area contributed by atoms with E-state index in [1.807, 2.05) is 55.6 Å².